The van der Waals surface area contributed by atoms with Gasteiger partial charge in [0, 0.05) is 11.6 Å². The number of hydrogen-bond acceptors (Lipinski definition) is 2. The summed E-state index contributed by atoms with van der Waals surface area (Å²) in [5, 5.41) is 12.3. The van der Waals surface area contributed by atoms with Gasteiger partial charge in [0.2, 0.25) is 0 Å². The molecule has 0 aliphatic heterocycles. The van der Waals surface area contributed by atoms with Crippen molar-refractivity contribution in [3.05, 3.63) is 64.2 Å². The zero-order valence-corrected chi connectivity index (χ0v) is 11.4. The zero-order valence-electron chi connectivity index (χ0n) is 10.6. The van der Waals surface area contributed by atoms with E-state index in [2.05, 4.69) is 5.32 Å². The van der Waals surface area contributed by atoms with Crippen LogP contribution in [0.1, 0.15) is 24.1 Å². The summed E-state index contributed by atoms with van der Waals surface area (Å²) in [6.07, 6.45) is 0. The summed E-state index contributed by atoms with van der Waals surface area (Å²) in [6.45, 7) is 1.73. The van der Waals surface area contributed by atoms with Crippen LogP contribution in [0.4, 0.5) is 14.5 Å². The molecule has 2 nitrogen and oxygen atoms in total. The van der Waals surface area contributed by atoms with Crippen LogP contribution >= 0.6 is 11.6 Å². The van der Waals surface area contributed by atoms with Gasteiger partial charge in [0.1, 0.15) is 11.6 Å². The molecule has 2 aromatic carbocycles. The van der Waals surface area contributed by atoms with Crippen LogP contribution in [0.3, 0.4) is 0 Å². The predicted octanol–water partition coefficient (Wildman–Crippen LogP) is 4.66. The molecule has 2 rings (SSSR count). The van der Waals surface area contributed by atoms with Gasteiger partial charge in [0.15, 0.2) is 0 Å². The van der Waals surface area contributed by atoms with Crippen molar-refractivity contribution >= 4 is 17.3 Å². The summed E-state index contributed by atoms with van der Waals surface area (Å²) < 4.78 is 26.6. The molecule has 0 amide bonds. The van der Waals surface area contributed by atoms with Gasteiger partial charge >= 0.3 is 0 Å². The molecule has 1 N–H and O–H groups in total. The van der Waals surface area contributed by atoms with Crippen LogP contribution in [0, 0.1) is 23.0 Å². The van der Waals surface area contributed by atoms with E-state index in [1.807, 2.05) is 6.07 Å². The molecule has 102 valence electrons. The van der Waals surface area contributed by atoms with Crippen LogP contribution in [0.15, 0.2) is 36.4 Å². The summed E-state index contributed by atoms with van der Waals surface area (Å²) in [7, 11) is 0. The largest absolute Gasteiger partial charge is 0.377 e. The first-order valence-corrected chi connectivity index (χ1v) is 6.30. The highest BCUT2D eigenvalue weighted by molar-refractivity contribution is 6.33. The van der Waals surface area contributed by atoms with Gasteiger partial charge in [-0.25, -0.2) is 8.78 Å². The van der Waals surface area contributed by atoms with Crippen molar-refractivity contribution < 1.29 is 8.78 Å². The Morgan fingerprint density at radius 2 is 1.95 bits per heavy atom. The number of nitriles is 1. The molecule has 0 aromatic heterocycles. The lowest BCUT2D eigenvalue weighted by Crippen LogP contribution is -2.09. The molecule has 0 saturated heterocycles. The van der Waals surface area contributed by atoms with Crippen LogP contribution in [-0.2, 0) is 0 Å². The number of halogens is 3. The Bertz CT molecular complexity index is 680. The van der Waals surface area contributed by atoms with Crippen molar-refractivity contribution in [2.45, 2.75) is 13.0 Å². The Morgan fingerprint density at radius 1 is 1.20 bits per heavy atom. The summed E-state index contributed by atoms with van der Waals surface area (Å²) in [5.41, 5.74) is 1.30. The standard InChI is InChI=1S/C15H11ClF2N2/c1-9(12-4-3-11(17)7-14(12)18)20-15-6-10(8-19)2-5-13(15)16/h2-7,9,20H,1H3. The number of nitrogens with one attached hydrogen (secondary N) is 1. The fraction of sp³-hybridized carbons (Fsp3) is 0.133. The lowest BCUT2D eigenvalue weighted by Gasteiger charge is -2.17. The maximum absolute atomic E-state index is 13.7. The molecule has 2 aromatic rings. The number of benzene rings is 2. The molecular formula is C15H11ClF2N2. The fourth-order valence-electron chi connectivity index (χ4n) is 1.87. The van der Waals surface area contributed by atoms with E-state index in [4.69, 9.17) is 16.9 Å². The van der Waals surface area contributed by atoms with Crippen LogP contribution in [0.5, 0.6) is 0 Å². The highest BCUT2D eigenvalue weighted by atomic mass is 35.5. The minimum absolute atomic E-state index is 0.324. The second-order valence-corrected chi connectivity index (χ2v) is 4.75. The molecule has 0 bridgehead atoms. The molecule has 0 radical (unpaired) electrons. The van der Waals surface area contributed by atoms with Crippen molar-refractivity contribution in [1.29, 1.82) is 5.26 Å². The smallest absolute Gasteiger partial charge is 0.131 e. The molecule has 5 heteroatoms. The third kappa shape index (κ3) is 3.06. The minimum Gasteiger partial charge on any atom is -0.377 e. The number of hydrogen-bond donors (Lipinski definition) is 1. The Hall–Kier alpha value is -2.12. The lowest BCUT2D eigenvalue weighted by atomic mass is 10.1. The summed E-state index contributed by atoms with van der Waals surface area (Å²) in [4.78, 5) is 0. The van der Waals surface area contributed by atoms with E-state index >= 15 is 0 Å². The topological polar surface area (TPSA) is 35.8 Å². The minimum atomic E-state index is -0.627. The second-order valence-electron chi connectivity index (χ2n) is 4.34. The third-order valence-electron chi connectivity index (χ3n) is 2.90. The van der Waals surface area contributed by atoms with Crippen LogP contribution < -0.4 is 5.32 Å². The molecule has 0 saturated carbocycles. The molecule has 0 fully saturated rings. The third-order valence-corrected chi connectivity index (χ3v) is 3.23. The Balaban J connectivity index is 2.27. The first kappa shape index (κ1) is 14.3. The molecule has 0 spiro atoms. The van der Waals surface area contributed by atoms with Gasteiger partial charge in [-0.2, -0.15) is 5.26 Å². The lowest BCUT2D eigenvalue weighted by molar-refractivity contribution is 0.566. The summed E-state index contributed by atoms with van der Waals surface area (Å²) in [6, 6.07) is 9.77. The Labute approximate surface area is 120 Å². The quantitative estimate of drug-likeness (QED) is 0.893. The van der Waals surface area contributed by atoms with E-state index in [1.165, 1.54) is 12.1 Å². The monoisotopic (exact) mass is 292 g/mol. The fourth-order valence-corrected chi connectivity index (χ4v) is 2.04. The van der Waals surface area contributed by atoms with E-state index in [1.54, 1.807) is 25.1 Å². The van der Waals surface area contributed by atoms with Gasteiger partial charge in [-0.3, -0.25) is 0 Å². The first-order valence-electron chi connectivity index (χ1n) is 5.92. The highest BCUT2D eigenvalue weighted by Crippen LogP contribution is 2.28. The van der Waals surface area contributed by atoms with E-state index in [-0.39, 0.29) is 0 Å². The van der Waals surface area contributed by atoms with Crippen LogP contribution in [0.2, 0.25) is 5.02 Å². The maximum Gasteiger partial charge on any atom is 0.131 e. The molecule has 1 unspecified atom stereocenters. The van der Waals surface area contributed by atoms with Crippen LogP contribution in [0.25, 0.3) is 0 Å². The van der Waals surface area contributed by atoms with Gasteiger partial charge in [-0.05, 0) is 31.2 Å². The average Bonchev–Trinajstić information content (AvgIpc) is 2.41. The van der Waals surface area contributed by atoms with Crippen molar-refractivity contribution in [2.24, 2.45) is 0 Å². The van der Waals surface area contributed by atoms with E-state index < -0.39 is 17.7 Å². The molecule has 0 heterocycles. The van der Waals surface area contributed by atoms with Gasteiger partial charge in [-0.15, -0.1) is 0 Å². The zero-order chi connectivity index (χ0) is 14.7. The second kappa shape index (κ2) is 5.89. The molecule has 0 aliphatic rings. The maximum atomic E-state index is 13.7. The van der Waals surface area contributed by atoms with Crippen molar-refractivity contribution in [3.8, 4) is 6.07 Å². The normalized spacial score (nSPS) is 11.8. The molecule has 20 heavy (non-hydrogen) atoms. The number of anilines is 1. The predicted molar refractivity (Wildman–Crippen MR) is 74.6 cm³/mol. The number of nitrogens with zero attached hydrogens (tertiary/aromatic N) is 1. The molecule has 0 aliphatic carbocycles. The van der Waals surface area contributed by atoms with E-state index in [9.17, 15) is 8.78 Å². The van der Waals surface area contributed by atoms with E-state index in [0.29, 0.717) is 21.8 Å². The average molecular weight is 293 g/mol. The van der Waals surface area contributed by atoms with Crippen molar-refractivity contribution in [1.82, 2.24) is 0 Å². The van der Waals surface area contributed by atoms with Gasteiger partial charge in [-0.1, -0.05) is 17.7 Å². The summed E-state index contributed by atoms with van der Waals surface area (Å²) in [5.74, 6) is -1.25. The Kier molecular flexibility index (Phi) is 4.21. The highest BCUT2D eigenvalue weighted by Gasteiger charge is 2.13. The molecule has 1 atom stereocenters. The van der Waals surface area contributed by atoms with Crippen LogP contribution in [-0.4, -0.2) is 0 Å². The van der Waals surface area contributed by atoms with E-state index in [0.717, 1.165) is 6.07 Å². The molecular weight excluding hydrogens is 282 g/mol. The Morgan fingerprint density at radius 3 is 2.60 bits per heavy atom. The van der Waals surface area contributed by atoms with Crippen molar-refractivity contribution in [2.75, 3.05) is 5.32 Å². The van der Waals surface area contributed by atoms with Gasteiger partial charge in [0.25, 0.3) is 0 Å². The SMILES string of the molecule is CC(Nc1cc(C#N)ccc1Cl)c1ccc(F)cc1F. The van der Waals surface area contributed by atoms with Gasteiger partial charge in [0.05, 0.1) is 28.4 Å². The van der Waals surface area contributed by atoms with Crippen molar-refractivity contribution in [3.63, 3.8) is 0 Å². The first-order chi connectivity index (χ1) is 9.51. The van der Waals surface area contributed by atoms with Gasteiger partial charge < -0.3 is 5.32 Å². The summed E-state index contributed by atoms with van der Waals surface area (Å²) >= 11 is 6.02. The number of rotatable bonds is 3.